The van der Waals surface area contributed by atoms with Gasteiger partial charge in [-0.15, -0.1) is 0 Å². The lowest BCUT2D eigenvalue weighted by atomic mass is 9.93. The molecule has 0 aliphatic carbocycles. The number of ether oxygens (including phenoxy) is 14. The minimum absolute atomic E-state index is 0.151. The number of allylic oxidation sites excluding steroid dienone is 3. The zero-order valence-corrected chi connectivity index (χ0v) is 76.5. The Labute approximate surface area is 763 Å². The second-order valence-corrected chi connectivity index (χ2v) is 35.9. The lowest BCUT2D eigenvalue weighted by Crippen LogP contribution is -2.72. The highest BCUT2D eigenvalue weighted by Crippen LogP contribution is 2.40. The van der Waals surface area contributed by atoms with E-state index < -0.39 is 285 Å². The van der Waals surface area contributed by atoms with E-state index in [1.807, 2.05) is 6.08 Å². The van der Waals surface area contributed by atoms with Crippen molar-refractivity contribution in [3.05, 3.63) is 24.3 Å². The average Bonchev–Trinajstić information content (AvgIpc) is 0.765. The summed E-state index contributed by atoms with van der Waals surface area (Å²) in [4.78, 5) is 40.1. The number of rotatable bonds is 61. The van der Waals surface area contributed by atoms with E-state index in [0.29, 0.717) is 12.8 Å². The number of carbonyl (C=O) groups is 3. The van der Waals surface area contributed by atoms with Crippen molar-refractivity contribution < 1.29 is 183 Å². The standard InChI is InChI=1S/C90H161N3O37/c1-6-8-10-12-14-16-18-20-21-22-23-24-25-26-27-28-29-31-33-35-37-39-41-43-62(103)93-54(55(102)42-40-38-36-34-32-30-19-17-15-13-11-9-7-2)50-117-86-75(114)72(111)79(60(48-98)124-86)126-89-76(115)83(68(107)57(45-95)120-89)130-85-64(92-53(5)101)81(128-87-73(112)70(109)65(104)51(3)118-87)80(61(49-99)123-85)127-90-77(116)82(67(106)58(46-96)121-90)129-84-63(91-52(4)100)69(108)78(59(47-97)122-84)125-88-74(113)71(110)66(105)56(44-94)119-88/h20-21,40,42,51,54-61,63-90,94-99,102,104-116H,6-19,22-39,41,43-50H2,1-5H3,(H,91,100)(H,92,101)(H,93,103)/b21-20-,42-40+/t51?,54-,55+,56?,57?,58?,59?,60?,61?,63?,64?,65+,66-,67-,68-,69+,70?,71-,72+,73-,74?,75?,76?,77?,78+,79+,80+,81+,82-,83-,84-,85-,86+,87+,88-,89-,90-/m0/s1. The van der Waals surface area contributed by atoms with E-state index in [9.17, 15) is 117 Å². The number of unbranched alkanes of at least 4 members (excludes halogenated alkanes) is 30. The van der Waals surface area contributed by atoms with Crippen LogP contribution >= 0.6 is 0 Å². The van der Waals surface area contributed by atoms with Crippen LogP contribution in [0.5, 0.6) is 0 Å². The summed E-state index contributed by atoms with van der Waals surface area (Å²) in [5.74, 6) is -2.18. The summed E-state index contributed by atoms with van der Waals surface area (Å²) in [5, 5.41) is 233. The van der Waals surface area contributed by atoms with Gasteiger partial charge in [-0.2, -0.15) is 0 Å². The summed E-state index contributed by atoms with van der Waals surface area (Å²) in [5.41, 5.74) is 0. The zero-order valence-electron chi connectivity index (χ0n) is 76.5. The lowest BCUT2D eigenvalue weighted by Gasteiger charge is -2.52. The van der Waals surface area contributed by atoms with E-state index in [1.54, 1.807) is 6.08 Å². The topological polar surface area (TPSA) is 621 Å². The van der Waals surface area contributed by atoms with Crippen LogP contribution < -0.4 is 16.0 Å². The number of carbonyl (C=O) groups excluding carboxylic acids is 3. The number of hydrogen-bond acceptors (Lipinski definition) is 37. The van der Waals surface area contributed by atoms with Crippen molar-refractivity contribution >= 4 is 17.7 Å². The third-order valence-electron chi connectivity index (χ3n) is 25.5. The van der Waals surface area contributed by atoms with Crippen LogP contribution in [-0.4, -0.2) is 393 Å². The van der Waals surface area contributed by atoms with E-state index in [0.717, 1.165) is 71.6 Å². The first kappa shape index (κ1) is 114. The van der Waals surface area contributed by atoms with Crippen molar-refractivity contribution in [2.75, 3.05) is 46.2 Å². The van der Waals surface area contributed by atoms with E-state index >= 15 is 0 Å². The molecule has 0 bridgehead atoms. The van der Waals surface area contributed by atoms with Crippen molar-refractivity contribution in [3.63, 3.8) is 0 Å². The summed E-state index contributed by atoms with van der Waals surface area (Å²) < 4.78 is 84.5. The normalized spacial score (nSPS) is 37.3. The quantitative estimate of drug-likeness (QED) is 0.0265. The van der Waals surface area contributed by atoms with E-state index in [1.165, 1.54) is 148 Å². The molecule has 0 saturated carbocycles. The molecule has 37 atom stereocenters. The fourth-order valence-electron chi connectivity index (χ4n) is 17.6. The first-order valence-corrected chi connectivity index (χ1v) is 48.0. The second kappa shape index (κ2) is 61.1. The van der Waals surface area contributed by atoms with E-state index in [-0.39, 0.29) is 12.3 Å². The largest absolute Gasteiger partial charge is 0.394 e. The first-order valence-electron chi connectivity index (χ1n) is 48.0. The second-order valence-electron chi connectivity index (χ2n) is 35.9. The maximum Gasteiger partial charge on any atom is 0.220 e. The molecule has 7 rings (SSSR count). The molecule has 0 aromatic heterocycles. The monoisotopic (exact) mass is 1880 g/mol. The van der Waals surface area contributed by atoms with Crippen molar-refractivity contribution in [2.24, 2.45) is 0 Å². The number of nitrogens with one attached hydrogen (secondary N) is 3. The van der Waals surface area contributed by atoms with Crippen LogP contribution in [-0.2, 0) is 80.7 Å². The van der Waals surface area contributed by atoms with Gasteiger partial charge >= 0.3 is 0 Å². The highest BCUT2D eigenvalue weighted by molar-refractivity contribution is 5.76. The predicted octanol–water partition coefficient (Wildman–Crippen LogP) is -0.675. The van der Waals surface area contributed by atoms with Gasteiger partial charge in [-0.3, -0.25) is 14.4 Å². The molecule has 23 N–H and O–H groups in total. The molecule has 130 heavy (non-hydrogen) atoms. The van der Waals surface area contributed by atoms with Gasteiger partial charge in [0.1, 0.15) is 165 Å². The van der Waals surface area contributed by atoms with E-state index in [4.69, 9.17) is 66.3 Å². The lowest BCUT2D eigenvalue weighted by molar-refractivity contribution is -0.397. The Hall–Kier alpha value is -3.47. The molecule has 7 saturated heterocycles. The van der Waals surface area contributed by atoms with Gasteiger partial charge in [0, 0.05) is 20.3 Å². The zero-order chi connectivity index (χ0) is 94.9. The molecule has 3 amide bonds. The number of aliphatic hydroxyl groups excluding tert-OH is 20. The molecule has 0 radical (unpaired) electrons. The molecule has 0 aromatic carbocycles. The Balaban J connectivity index is 1.02. The van der Waals surface area contributed by atoms with Crippen molar-refractivity contribution in [1.82, 2.24) is 16.0 Å². The Bertz CT molecular complexity index is 3110. The molecule has 0 aromatic rings. The maximum absolute atomic E-state index is 13.7. The summed E-state index contributed by atoms with van der Waals surface area (Å²) in [6.07, 6.45) is -20.0. The third-order valence-corrected chi connectivity index (χ3v) is 25.5. The number of amides is 3. The summed E-state index contributed by atoms with van der Waals surface area (Å²) in [7, 11) is 0. The molecule has 7 aliphatic rings. The Morgan fingerprint density at radius 3 is 1.08 bits per heavy atom. The van der Waals surface area contributed by atoms with Crippen molar-refractivity contribution in [1.29, 1.82) is 0 Å². The van der Waals surface area contributed by atoms with Gasteiger partial charge in [0.05, 0.1) is 64.5 Å². The fourth-order valence-corrected chi connectivity index (χ4v) is 17.6. The molecule has 7 heterocycles. The van der Waals surface area contributed by atoms with Gasteiger partial charge in [0.2, 0.25) is 17.7 Å². The highest BCUT2D eigenvalue weighted by Gasteiger charge is 2.60. The Kier molecular flexibility index (Phi) is 53.3. The summed E-state index contributed by atoms with van der Waals surface area (Å²) >= 11 is 0. The van der Waals surface area contributed by atoms with Crippen LogP contribution in [0.4, 0.5) is 0 Å². The van der Waals surface area contributed by atoms with Gasteiger partial charge in [0.15, 0.2) is 44.0 Å². The van der Waals surface area contributed by atoms with Crippen LogP contribution in [0.15, 0.2) is 24.3 Å². The fraction of sp³-hybridized carbons (Fsp3) is 0.922. The smallest absolute Gasteiger partial charge is 0.220 e. The molecule has 14 unspecified atom stereocenters. The molecule has 7 fully saturated rings. The Morgan fingerprint density at radius 2 is 0.638 bits per heavy atom. The molecule has 7 aliphatic heterocycles. The van der Waals surface area contributed by atoms with Crippen LogP contribution in [0.25, 0.3) is 0 Å². The van der Waals surface area contributed by atoms with Crippen molar-refractivity contribution in [2.45, 2.75) is 480 Å². The van der Waals surface area contributed by atoms with Crippen LogP contribution in [0, 0.1) is 0 Å². The molecule has 0 spiro atoms. The molecule has 758 valence electrons. The molecular weight excluding hydrogens is 1710 g/mol. The van der Waals surface area contributed by atoms with Crippen molar-refractivity contribution in [3.8, 4) is 0 Å². The summed E-state index contributed by atoms with van der Waals surface area (Å²) in [6, 6.07) is -4.89. The molecule has 40 heteroatoms. The van der Waals surface area contributed by atoms with Crippen LogP contribution in [0.1, 0.15) is 253 Å². The SMILES string of the molecule is CCCCCCCC/C=C\CCCCCCCCCCCCCCCC(=O)N[C@@H](CO[C@@H]1OC(CO)[C@@H](O[C@@H]2OC(CO)[C@H](O)[C@H](O[C@@H]3OC(CO)[C@@H](O[C@@H]4OC(CO)[C@H](O)[C@H](O[C@@H]5OC(CO)[C@@H](O[C@@H]6OC(CO)[C@H](O)[C@H](O)C6O)[C@H](O)C5NC(C)=O)C4O)[C@H](O[C@H]4OC(C)[C@@H](O)C(O)[C@@H]4O)C3NC(C)=O)C2O)[C@H](O)C1O)[C@H](O)/C=C/CCCCCCCCCCCCC. The van der Waals surface area contributed by atoms with E-state index in [2.05, 4.69) is 41.9 Å². The van der Waals surface area contributed by atoms with Crippen LogP contribution in [0.2, 0.25) is 0 Å². The molecule has 40 nitrogen and oxygen atoms in total. The van der Waals surface area contributed by atoms with Gasteiger partial charge in [0.25, 0.3) is 0 Å². The average molecular weight is 1880 g/mol. The first-order chi connectivity index (χ1) is 62.5. The van der Waals surface area contributed by atoms with Crippen LogP contribution in [0.3, 0.4) is 0 Å². The maximum atomic E-state index is 13.7. The molecular formula is C90H161N3O37. The van der Waals surface area contributed by atoms with Gasteiger partial charge < -0.3 is 184 Å². The summed E-state index contributed by atoms with van der Waals surface area (Å²) in [6.45, 7) is 0.941. The predicted molar refractivity (Wildman–Crippen MR) is 462 cm³/mol. The Morgan fingerprint density at radius 1 is 0.315 bits per heavy atom. The minimum Gasteiger partial charge on any atom is -0.394 e. The number of hydrogen-bond donors (Lipinski definition) is 23. The highest BCUT2D eigenvalue weighted by atomic mass is 16.8. The van der Waals surface area contributed by atoms with Gasteiger partial charge in [-0.05, 0) is 51.9 Å². The number of aliphatic hydroxyl groups is 20. The third kappa shape index (κ3) is 34.8. The van der Waals surface area contributed by atoms with Gasteiger partial charge in [-0.25, -0.2) is 0 Å². The van der Waals surface area contributed by atoms with Gasteiger partial charge in [-0.1, -0.05) is 205 Å². The minimum atomic E-state index is -2.36.